The summed E-state index contributed by atoms with van der Waals surface area (Å²) in [5.74, 6) is 0. The van der Waals surface area contributed by atoms with Crippen molar-refractivity contribution in [2.24, 2.45) is 0 Å². The van der Waals surface area contributed by atoms with Gasteiger partial charge in [-0.1, -0.05) is 38.3 Å². The van der Waals surface area contributed by atoms with Crippen molar-refractivity contribution in [1.29, 1.82) is 0 Å². The maximum atomic E-state index is 11.9. The van der Waals surface area contributed by atoms with Crippen LogP contribution in [0.4, 0.5) is 0 Å². The third-order valence-electron chi connectivity index (χ3n) is 3.18. The summed E-state index contributed by atoms with van der Waals surface area (Å²) < 4.78 is 26.3. The molecule has 0 fully saturated rings. The van der Waals surface area contributed by atoms with E-state index in [0.29, 0.717) is 6.42 Å². The number of aliphatic hydroxyl groups is 1. The van der Waals surface area contributed by atoms with Crippen LogP contribution in [-0.4, -0.2) is 26.7 Å². The molecule has 0 bridgehead atoms. The Labute approximate surface area is 122 Å². The van der Waals surface area contributed by atoms with Gasteiger partial charge in [0.05, 0.1) is 4.90 Å². The Kier molecular flexibility index (Phi) is 7.80. The fourth-order valence-corrected chi connectivity index (χ4v) is 3.03. The van der Waals surface area contributed by atoms with Crippen molar-refractivity contribution in [1.82, 2.24) is 4.72 Å². The van der Waals surface area contributed by atoms with Crippen LogP contribution in [0.25, 0.3) is 0 Å². The Morgan fingerprint density at radius 3 is 2.35 bits per heavy atom. The number of aryl methyl sites for hydroxylation is 1. The van der Waals surface area contributed by atoms with E-state index in [2.05, 4.69) is 11.6 Å². The van der Waals surface area contributed by atoms with Crippen molar-refractivity contribution in [3.05, 3.63) is 29.8 Å². The Balaban J connectivity index is 2.52. The Hall–Kier alpha value is -0.910. The van der Waals surface area contributed by atoms with Gasteiger partial charge < -0.3 is 5.11 Å². The van der Waals surface area contributed by atoms with Gasteiger partial charge in [0, 0.05) is 13.2 Å². The molecule has 0 saturated carbocycles. The second-order valence-corrected chi connectivity index (χ2v) is 6.70. The molecular weight excluding hydrogens is 274 g/mol. The van der Waals surface area contributed by atoms with Gasteiger partial charge in [-0.25, -0.2) is 13.1 Å². The van der Waals surface area contributed by atoms with E-state index in [-0.39, 0.29) is 18.0 Å². The molecule has 0 radical (unpaired) electrons. The summed E-state index contributed by atoms with van der Waals surface area (Å²) in [6.45, 7) is 2.43. The van der Waals surface area contributed by atoms with Gasteiger partial charge in [0.25, 0.3) is 0 Å². The lowest BCUT2D eigenvalue weighted by molar-refractivity contribution is 0.289. The first-order valence-electron chi connectivity index (χ1n) is 7.29. The third-order valence-corrected chi connectivity index (χ3v) is 4.66. The monoisotopic (exact) mass is 299 g/mol. The summed E-state index contributed by atoms with van der Waals surface area (Å²) in [5.41, 5.74) is 1.18. The smallest absolute Gasteiger partial charge is 0.240 e. The van der Waals surface area contributed by atoms with Crippen molar-refractivity contribution in [3.63, 3.8) is 0 Å². The zero-order chi connectivity index (χ0) is 14.8. The normalized spacial score (nSPS) is 11.7. The highest BCUT2D eigenvalue weighted by Crippen LogP contribution is 2.13. The highest BCUT2D eigenvalue weighted by atomic mass is 32.2. The van der Waals surface area contributed by atoms with Gasteiger partial charge in [0.1, 0.15) is 0 Å². The van der Waals surface area contributed by atoms with Crippen LogP contribution in [-0.2, 0) is 16.4 Å². The predicted octanol–water partition coefficient (Wildman–Crippen LogP) is 2.47. The summed E-state index contributed by atoms with van der Waals surface area (Å²) >= 11 is 0. The fourth-order valence-electron chi connectivity index (χ4n) is 1.96. The van der Waals surface area contributed by atoms with Gasteiger partial charge in [-0.3, -0.25) is 0 Å². The maximum Gasteiger partial charge on any atom is 0.240 e. The minimum atomic E-state index is -3.44. The van der Waals surface area contributed by atoms with E-state index >= 15 is 0 Å². The van der Waals surface area contributed by atoms with Crippen molar-refractivity contribution in [2.45, 2.75) is 50.3 Å². The van der Waals surface area contributed by atoms with Crippen LogP contribution in [0.3, 0.4) is 0 Å². The lowest BCUT2D eigenvalue weighted by atomic mass is 10.1. The number of rotatable bonds is 10. The molecule has 1 aromatic rings. The SMILES string of the molecule is CCCCCCc1ccc(S(=O)(=O)NCCCO)cc1. The van der Waals surface area contributed by atoms with Crippen LogP contribution in [0, 0.1) is 0 Å². The molecule has 0 aliphatic heterocycles. The zero-order valence-corrected chi connectivity index (χ0v) is 13.0. The van der Waals surface area contributed by atoms with Crippen molar-refractivity contribution < 1.29 is 13.5 Å². The molecular formula is C15H25NO3S. The highest BCUT2D eigenvalue weighted by Gasteiger charge is 2.12. The summed E-state index contributed by atoms with van der Waals surface area (Å²) in [6.07, 6.45) is 6.26. The van der Waals surface area contributed by atoms with E-state index in [9.17, 15) is 8.42 Å². The third kappa shape index (κ3) is 6.03. The topological polar surface area (TPSA) is 66.4 Å². The molecule has 0 spiro atoms. The summed E-state index contributed by atoms with van der Waals surface area (Å²) in [4.78, 5) is 0.285. The van der Waals surface area contributed by atoms with Gasteiger partial charge in [0.15, 0.2) is 0 Å². The highest BCUT2D eigenvalue weighted by molar-refractivity contribution is 7.89. The van der Waals surface area contributed by atoms with Crippen molar-refractivity contribution in [2.75, 3.05) is 13.2 Å². The zero-order valence-electron chi connectivity index (χ0n) is 12.1. The van der Waals surface area contributed by atoms with Crippen LogP contribution >= 0.6 is 0 Å². The minimum Gasteiger partial charge on any atom is -0.396 e. The van der Waals surface area contributed by atoms with E-state index in [0.717, 1.165) is 12.8 Å². The standard InChI is InChI=1S/C15H25NO3S/c1-2-3-4-5-7-14-8-10-15(11-9-14)20(18,19)16-12-6-13-17/h8-11,16-17H,2-7,12-13H2,1H3. The van der Waals surface area contributed by atoms with E-state index < -0.39 is 10.0 Å². The fraction of sp³-hybridized carbons (Fsp3) is 0.600. The number of unbranched alkanes of at least 4 members (excludes halogenated alkanes) is 3. The van der Waals surface area contributed by atoms with Gasteiger partial charge in [-0.2, -0.15) is 0 Å². The van der Waals surface area contributed by atoms with Gasteiger partial charge in [-0.15, -0.1) is 0 Å². The summed E-state index contributed by atoms with van der Waals surface area (Å²) in [7, 11) is -3.44. The van der Waals surface area contributed by atoms with Crippen LogP contribution in [0.15, 0.2) is 29.2 Å². The molecule has 114 valence electrons. The van der Waals surface area contributed by atoms with Crippen LogP contribution < -0.4 is 4.72 Å². The van der Waals surface area contributed by atoms with Crippen molar-refractivity contribution >= 4 is 10.0 Å². The lowest BCUT2D eigenvalue weighted by Gasteiger charge is -2.07. The quantitative estimate of drug-likeness (QED) is 0.652. The number of benzene rings is 1. The molecule has 0 heterocycles. The molecule has 4 nitrogen and oxygen atoms in total. The van der Waals surface area contributed by atoms with Gasteiger partial charge in [0.2, 0.25) is 10.0 Å². The molecule has 20 heavy (non-hydrogen) atoms. The molecule has 0 aliphatic rings. The van der Waals surface area contributed by atoms with Gasteiger partial charge >= 0.3 is 0 Å². The van der Waals surface area contributed by atoms with Crippen LogP contribution in [0.2, 0.25) is 0 Å². The molecule has 2 N–H and O–H groups in total. The van der Waals surface area contributed by atoms with Crippen molar-refractivity contribution in [3.8, 4) is 0 Å². The number of hydrogen-bond acceptors (Lipinski definition) is 3. The first-order chi connectivity index (χ1) is 9.60. The molecule has 0 aliphatic carbocycles. The average Bonchev–Trinajstić information content (AvgIpc) is 2.44. The molecule has 0 atom stereocenters. The maximum absolute atomic E-state index is 11.9. The Bertz CT molecular complexity index is 468. The number of sulfonamides is 1. The Morgan fingerprint density at radius 1 is 1.05 bits per heavy atom. The first kappa shape index (κ1) is 17.1. The van der Waals surface area contributed by atoms with Gasteiger partial charge in [-0.05, 0) is 37.0 Å². The van der Waals surface area contributed by atoms with E-state index in [1.165, 1.54) is 24.8 Å². The first-order valence-corrected chi connectivity index (χ1v) is 8.78. The largest absolute Gasteiger partial charge is 0.396 e. The Morgan fingerprint density at radius 2 is 1.75 bits per heavy atom. The molecule has 5 heteroatoms. The average molecular weight is 299 g/mol. The molecule has 0 amide bonds. The second kappa shape index (κ2) is 9.10. The van der Waals surface area contributed by atoms with Crippen LogP contribution in [0.5, 0.6) is 0 Å². The number of aliphatic hydroxyl groups excluding tert-OH is 1. The predicted molar refractivity (Wildman–Crippen MR) is 81.2 cm³/mol. The minimum absolute atomic E-state index is 0.0147. The number of nitrogens with one attached hydrogen (secondary N) is 1. The van der Waals surface area contributed by atoms with E-state index in [4.69, 9.17) is 5.11 Å². The molecule has 0 aromatic heterocycles. The molecule has 1 aromatic carbocycles. The number of hydrogen-bond donors (Lipinski definition) is 2. The lowest BCUT2D eigenvalue weighted by Crippen LogP contribution is -2.25. The summed E-state index contributed by atoms with van der Waals surface area (Å²) in [6, 6.07) is 7.06. The summed E-state index contributed by atoms with van der Waals surface area (Å²) in [5, 5.41) is 8.66. The van der Waals surface area contributed by atoms with E-state index in [1.54, 1.807) is 12.1 Å². The van der Waals surface area contributed by atoms with E-state index in [1.807, 2.05) is 12.1 Å². The second-order valence-electron chi connectivity index (χ2n) is 4.93. The van der Waals surface area contributed by atoms with Crippen LogP contribution in [0.1, 0.15) is 44.6 Å². The molecule has 0 unspecified atom stereocenters. The molecule has 0 saturated heterocycles. The molecule has 1 rings (SSSR count).